The fraction of sp³-hybridized carbons (Fsp3) is 0.273. The predicted octanol–water partition coefficient (Wildman–Crippen LogP) is 3.08. The maximum absolute atomic E-state index is 11.2. The number of primary amides is 1. The van der Waals surface area contributed by atoms with Crippen molar-refractivity contribution in [2.45, 2.75) is 12.5 Å². The van der Waals surface area contributed by atoms with Crippen molar-refractivity contribution >= 4 is 17.2 Å². The van der Waals surface area contributed by atoms with E-state index in [4.69, 9.17) is 16.5 Å². The quantitative estimate of drug-likeness (QED) is 0.675. The van der Waals surface area contributed by atoms with Crippen LogP contribution in [-0.2, 0) is 6.54 Å². The molecule has 0 radical (unpaired) electrons. The second-order valence-corrected chi connectivity index (χ2v) is 8.15. The molecular formula is C22H24N4OS. The number of hydrogen-bond donors (Lipinski definition) is 2. The second-order valence-electron chi connectivity index (χ2n) is 7.29. The average Bonchev–Trinajstić information content (AvgIpc) is 3.36. The third-order valence-corrected chi connectivity index (χ3v) is 6.34. The zero-order valence-corrected chi connectivity index (χ0v) is 16.4. The molecule has 1 amide bonds. The number of likely N-dealkylation sites (tertiary alicyclic amines) is 1. The Bertz CT molecular complexity index is 939. The molecule has 1 saturated heterocycles. The molecule has 0 spiro atoms. The highest BCUT2D eigenvalue weighted by atomic mass is 32.1. The van der Waals surface area contributed by atoms with Gasteiger partial charge in [-0.05, 0) is 30.2 Å². The van der Waals surface area contributed by atoms with Crippen LogP contribution in [0.15, 0.2) is 60.0 Å². The van der Waals surface area contributed by atoms with E-state index in [0.717, 1.165) is 35.9 Å². The van der Waals surface area contributed by atoms with Crippen LogP contribution in [0.4, 0.5) is 0 Å². The molecule has 1 fully saturated rings. The molecular weight excluding hydrogens is 368 g/mol. The van der Waals surface area contributed by atoms with E-state index in [1.54, 1.807) is 23.5 Å². The number of nitrogens with two attached hydrogens (primary N) is 2. The third-order valence-electron chi connectivity index (χ3n) is 5.40. The lowest BCUT2D eigenvalue weighted by Crippen LogP contribution is -2.23. The molecule has 0 unspecified atom stereocenters. The number of thiazole rings is 1. The summed E-state index contributed by atoms with van der Waals surface area (Å²) >= 11 is 1.63. The van der Waals surface area contributed by atoms with Gasteiger partial charge in [-0.3, -0.25) is 9.69 Å². The van der Waals surface area contributed by atoms with Gasteiger partial charge in [-0.25, -0.2) is 4.98 Å². The van der Waals surface area contributed by atoms with Crippen LogP contribution >= 0.6 is 11.3 Å². The highest BCUT2D eigenvalue weighted by molar-refractivity contribution is 7.13. The Balaban J connectivity index is 1.44. The zero-order chi connectivity index (χ0) is 19.5. The minimum Gasteiger partial charge on any atom is -0.366 e. The van der Waals surface area contributed by atoms with Crippen molar-refractivity contribution < 1.29 is 4.79 Å². The normalized spacial score (nSPS) is 19.8. The Labute approximate surface area is 169 Å². The Morgan fingerprint density at radius 2 is 1.86 bits per heavy atom. The SMILES string of the molecule is NC[C@@H]1CN(Cc2csc(-c3ccc(C(N)=O)cc3)n2)C[C@H]1c1ccccc1. The molecule has 0 bridgehead atoms. The number of carbonyl (C=O) groups excluding carboxylic acids is 1. The third kappa shape index (κ3) is 3.99. The predicted molar refractivity (Wildman–Crippen MR) is 113 cm³/mol. The van der Waals surface area contributed by atoms with Gasteiger partial charge >= 0.3 is 0 Å². The van der Waals surface area contributed by atoms with Crippen molar-refractivity contribution in [3.63, 3.8) is 0 Å². The first-order valence-corrected chi connectivity index (χ1v) is 10.3. The summed E-state index contributed by atoms with van der Waals surface area (Å²) in [5, 5.41) is 3.07. The van der Waals surface area contributed by atoms with Gasteiger partial charge in [0, 0.05) is 42.1 Å². The molecule has 5 nitrogen and oxygen atoms in total. The molecule has 1 aromatic heterocycles. The summed E-state index contributed by atoms with van der Waals surface area (Å²) in [5.74, 6) is 0.537. The summed E-state index contributed by atoms with van der Waals surface area (Å²) in [6, 6.07) is 17.9. The first-order chi connectivity index (χ1) is 13.6. The molecule has 4 rings (SSSR count). The van der Waals surface area contributed by atoms with E-state index in [0.29, 0.717) is 23.9 Å². The Morgan fingerprint density at radius 3 is 2.54 bits per heavy atom. The number of hydrogen-bond acceptors (Lipinski definition) is 5. The van der Waals surface area contributed by atoms with Gasteiger partial charge < -0.3 is 11.5 Å². The van der Waals surface area contributed by atoms with Gasteiger partial charge in [0.1, 0.15) is 5.01 Å². The molecule has 4 N–H and O–H groups in total. The molecule has 28 heavy (non-hydrogen) atoms. The monoisotopic (exact) mass is 392 g/mol. The number of nitrogens with zero attached hydrogens (tertiary/aromatic N) is 2. The lowest BCUT2D eigenvalue weighted by atomic mass is 9.89. The van der Waals surface area contributed by atoms with Crippen molar-refractivity contribution in [3.8, 4) is 10.6 Å². The van der Waals surface area contributed by atoms with Crippen LogP contribution in [0.2, 0.25) is 0 Å². The van der Waals surface area contributed by atoms with Gasteiger partial charge in [0.25, 0.3) is 0 Å². The van der Waals surface area contributed by atoms with Crippen molar-refractivity contribution in [1.29, 1.82) is 0 Å². The van der Waals surface area contributed by atoms with Gasteiger partial charge in [0.15, 0.2) is 0 Å². The molecule has 3 aromatic rings. The number of rotatable bonds is 6. The fourth-order valence-corrected chi connectivity index (χ4v) is 4.74. The van der Waals surface area contributed by atoms with E-state index in [1.165, 1.54) is 5.56 Å². The highest BCUT2D eigenvalue weighted by Crippen LogP contribution is 2.33. The standard InChI is InChI=1S/C22H24N4OS/c23-10-18-11-26(13-20(18)15-4-2-1-3-5-15)12-19-14-28-22(25-19)17-8-6-16(7-9-17)21(24)27/h1-9,14,18,20H,10-13,23H2,(H2,24,27)/t18-,20+/m1/s1. The Kier molecular flexibility index (Phi) is 5.52. The number of aromatic nitrogens is 1. The van der Waals surface area contributed by atoms with Crippen LogP contribution in [0.5, 0.6) is 0 Å². The fourth-order valence-electron chi connectivity index (χ4n) is 3.92. The van der Waals surface area contributed by atoms with Gasteiger partial charge in [0.05, 0.1) is 5.69 Å². The summed E-state index contributed by atoms with van der Waals surface area (Å²) < 4.78 is 0. The van der Waals surface area contributed by atoms with Gasteiger partial charge in [0.2, 0.25) is 5.91 Å². The van der Waals surface area contributed by atoms with E-state index in [2.05, 4.69) is 40.6 Å². The summed E-state index contributed by atoms with van der Waals surface area (Å²) in [6.07, 6.45) is 0. The summed E-state index contributed by atoms with van der Waals surface area (Å²) in [4.78, 5) is 18.5. The molecule has 0 saturated carbocycles. The molecule has 6 heteroatoms. The topological polar surface area (TPSA) is 85.2 Å². The van der Waals surface area contributed by atoms with E-state index >= 15 is 0 Å². The smallest absolute Gasteiger partial charge is 0.248 e. The maximum atomic E-state index is 11.2. The lowest BCUT2D eigenvalue weighted by molar-refractivity contribution is 0.100. The first kappa shape index (κ1) is 18.8. The van der Waals surface area contributed by atoms with Gasteiger partial charge in [-0.15, -0.1) is 11.3 Å². The molecule has 2 heterocycles. The number of amides is 1. The van der Waals surface area contributed by atoms with Crippen LogP contribution in [-0.4, -0.2) is 35.4 Å². The van der Waals surface area contributed by atoms with E-state index in [1.807, 2.05) is 12.1 Å². The minimum absolute atomic E-state index is 0.414. The van der Waals surface area contributed by atoms with Crippen molar-refractivity contribution in [2.75, 3.05) is 19.6 Å². The number of benzene rings is 2. The Morgan fingerprint density at radius 1 is 1.11 bits per heavy atom. The summed E-state index contributed by atoms with van der Waals surface area (Å²) in [5.41, 5.74) is 15.3. The van der Waals surface area contributed by atoms with Crippen molar-refractivity contribution in [1.82, 2.24) is 9.88 Å². The van der Waals surface area contributed by atoms with Crippen LogP contribution < -0.4 is 11.5 Å². The molecule has 2 atom stereocenters. The Hall–Kier alpha value is -2.54. The largest absolute Gasteiger partial charge is 0.366 e. The molecule has 144 valence electrons. The maximum Gasteiger partial charge on any atom is 0.248 e. The second kappa shape index (κ2) is 8.22. The van der Waals surface area contributed by atoms with Gasteiger partial charge in [-0.2, -0.15) is 0 Å². The molecule has 1 aliphatic heterocycles. The van der Waals surface area contributed by atoms with E-state index < -0.39 is 5.91 Å². The molecule has 1 aliphatic rings. The first-order valence-electron chi connectivity index (χ1n) is 9.46. The summed E-state index contributed by atoms with van der Waals surface area (Å²) in [7, 11) is 0. The molecule has 2 aromatic carbocycles. The van der Waals surface area contributed by atoms with Crippen LogP contribution in [0.3, 0.4) is 0 Å². The van der Waals surface area contributed by atoms with Crippen molar-refractivity contribution in [2.24, 2.45) is 17.4 Å². The van der Waals surface area contributed by atoms with Crippen molar-refractivity contribution in [3.05, 3.63) is 76.8 Å². The zero-order valence-electron chi connectivity index (χ0n) is 15.6. The summed E-state index contributed by atoms with van der Waals surface area (Å²) in [6.45, 7) is 3.53. The van der Waals surface area contributed by atoms with Gasteiger partial charge in [-0.1, -0.05) is 42.5 Å². The van der Waals surface area contributed by atoms with Crippen LogP contribution in [0.25, 0.3) is 10.6 Å². The lowest BCUT2D eigenvalue weighted by Gasteiger charge is -2.16. The minimum atomic E-state index is -0.414. The number of carbonyl (C=O) groups is 1. The van der Waals surface area contributed by atoms with Crippen LogP contribution in [0, 0.1) is 5.92 Å². The van der Waals surface area contributed by atoms with E-state index in [-0.39, 0.29) is 0 Å². The highest BCUT2D eigenvalue weighted by Gasteiger charge is 2.32. The average molecular weight is 393 g/mol. The molecule has 0 aliphatic carbocycles. The van der Waals surface area contributed by atoms with Crippen LogP contribution in [0.1, 0.15) is 27.5 Å². The van der Waals surface area contributed by atoms with E-state index in [9.17, 15) is 4.79 Å².